The number of amides is 3. The summed E-state index contributed by atoms with van der Waals surface area (Å²) < 4.78 is 0. The van der Waals surface area contributed by atoms with Crippen LogP contribution < -0.4 is 16.0 Å². The van der Waals surface area contributed by atoms with Crippen LogP contribution >= 0.6 is 0 Å². The monoisotopic (exact) mass is 329 g/mol. The molecule has 0 aliphatic carbocycles. The van der Waals surface area contributed by atoms with E-state index in [2.05, 4.69) is 15.2 Å². The van der Waals surface area contributed by atoms with Crippen molar-refractivity contribution in [2.24, 2.45) is 5.73 Å². The van der Waals surface area contributed by atoms with Crippen LogP contribution in [0.2, 0.25) is 0 Å². The molecule has 3 N–H and O–H groups in total. The summed E-state index contributed by atoms with van der Waals surface area (Å²) in [6.45, 7) is 1.92. The molecule has 2 saturated heterocycles. The first kappa shape index (κ1) is 15.1. The number of aromatic nitrogens is 1. The summed E-state index contributed by atoms with van der Waals surface area (Å²) >= 11 is 0. The number of pyridine rings is 1. The molecule has 0 aromatic carbocycles. The fourth-order valence-electron chi connectivity index (χ4n) is 3.60. The second-order valence-corrected chi connectivity index (χ2v) is 6.56. The highest BCUT2D eigenvalue weighted by molar-refractivity contribution is 6.05. The number of hydrogen-bond donors (Lipinski definition) is 2. The van der Waals surface area contributed by atoms with Gasteiger partial charge in [0.25, 0.3) is 5.91 Å². The number of imide groups is 1. The van der Waals surface area contributed by atoms with Gasteiger partial charge in [0.05, 0.1) is 17.8 Å². The largest absolute Gasteiger partial charge is 0.355 e. The van der Waals surface area contributed by atoms with Crippen molar-refractivity contribution in [3.05, 3.63) is 23.4 Å². The van der Waals surface area contributed by atoms with Gasteiger partial charge in [-0.3, -0.25) is 19.7 Å². The Balaban J connectivity index is 1.56. The zero-order chi connectivity index (χ0) is 16.8. The molecule has 8 heteroatoms. The van der Waals surface area contributed by atoms with Crippen LogP contribution in [-0.2, 0) is 16.1 Å². The molecule has 24 heavy (non-hydrogen) atoms. The number of nitrogens with zero attached hydrogens (tertiary/aromatic N) is 3. The number of hydrogen-bond acceptors (Lipinski definition) is 6. The van der Waals surface area contributed by atoms with Crippen LogP contribution in [0.3, 0.4) is 0 Å². The highest BCUT2D eigenvalue weighted by atomic mass is 16.2. The summed E-state index contributed by atoms with van der Waals surface area (Å²) in [7, 11) is 0. The van der Waals surface area contributed by atoms with Crippen molar-refractivity contribution < 1.29 is 14.4 Å². The van der Waals surface area contributed by atoms with E-state index in [9.17, 15) is 14.4 Å². The van der Waals surface area contributed by atoms with E-state index < -0.39 is 11.9 Å². The number of nitrogens with one attached hydrogen (secondary N) is 1. The molecule has 0 spiro atoms. The summed E-state index contributed by atoms with van der Waals surface area (Å²) in [5, 5.41) is 2.30. The maximum Gasteiger partial charge on any atom is 0.256 e. The Morgan fingerprint density at radius 3 is 2.75 bits per heavy atom. The van der Waals surface area contributed by atoms with Gasteiger partial charge in [0.1, 0.15) is 11.9 Å². The molecule has 8 nitrogen and oxygen atoms in total. The summed E-state index contributed by atoms with van der Waals surface area (Å²) in [5.41, 5.74) is 7.16. The van der Waals surface area contributed by atoms with Crippen LogP contribution in [0, 0.1) is 0 Å². The molecule has 4 rings (SSSR count). The van der Waals surface area contributed by atoms with Crippen LogP contribution in [0.4, 0.5) is 5.82 Å². The predicted molar refractivity (Wildman–Crippen MR) is 85.1 cm³/mol. The first-order valence-corrected chi connectivity index (χ1v) is 8.18. The highest BCUT2D eigenvalue weighted by Gasteiger charge is 2.40. The Morgan fingerprint density at radius 2 is 2.04 bits per heavy atom. The van der Waals surface area contributed by atoms with Crippen molar-refractivity contribution in [3.63, 3.8) is 0 Å². The second-order valence-electron chi connectivity index (χ2n) is 6.56. The molecule has 3 amide bonds. The number of fused-ring (bicyclic) bond motifs is 1. The minimum atomic E-state index is -0.604. The fraction of sp³-hybridized carbons (Fsp3) is 0.500. The predicted octanol–water partition coefficient (Wildman–Crippen LogP) is -0.620. The van der Waals surface area contributed by atoms with Crippen molar-refractivity contribution >= 4 is 23.5 Å². The number of carbonyl (C=O) groups excluding carboxylic acids is 3. The Labute approximate surface area is 139 Å². The van der Waals surface area contributed by atoms with Gasteiger partial charge in [-0.15, -0.1) is 0 Å². The van der Waals surface area contributed by atoms with Crippen molar-refractivity contribution in [3.8, 4) is 0 Å². The maximum atomic E-state index is 12.6. The van der Waals surface area contributed by atoms with Gasteiger partial charge < -0.3 is 15.5 Å². The van der Waals surface area contributed by atoms with E-state index in [1.807, 2.05) is 6.07 Å². The van der Waals surface area contributed by atoms with E-state index >= 15 is 0 Å². The Kier molecular flexibility index (Phi) is 3.49. The lowest BCUT2D eigenvalue weighted by Gasteiger charge is -2.29. The van der Waals surface area contributed by atoms with E-state index in [-0.39, 0.29) is 24.3 Å². The molecule has 1 aromatic rings. The number of anilines is 1. The summed E-state index contributed by atoms with van der Waals surface area (Å²) in [4.78, 5) is 44.2. The van der Waals surface area contributed by atoms with Gasteiger partial charge in [0.2, 0.25) is 11.8 Å². The zero-order valence-electron chi connectivity index (χ0n) is 13.2. The molecule has 0 bridgehead atoms. The van der Waals surface area contributed by atoms with Crippen molar-refractivity contribution in [1.29, 1.82) is 0 Å². The molecular weight excluding hydrogens is 310 g/mol. The van der Waals surface area contributed by atoms with E-state index in [0.29, 0.717) is 24.2 Å². The normalized spacial score (nSPS) is 26.8. The van der Waals surface area contributed by atoms with Crippen LogP contribution in [0.5, 0.6) is 0 Å². The SMILES string of the molecule is NC1CCN(c2ccc3c(n2)CN(C2CCC(=O)NC2=O)C3=O)C1. The number of carbonyl (C=O) groups is 3. The van der Waals surface area contributed by atoms with Crippen molar-refractivity contribution in [1.82, 2.24) is 15.2 Å². The topological polar surface area (TPSA) is 109 Å². The third kappa shape index (κ3) is 2.43. The fourth-order valence-corrected chi connectivity index (χ4v) is 3.60. The van der Waals surface area contributed by atoms with Crippen LogP contribution in [-0.4, -0.2) is 52.8 Å². The first-order chi connectivity index (χ1) is 11.5. The van der Waals surface area contributed by atoms with Crippen molar-refractivity contribution in [2.45, 2.75) is 37.9 Å². The summed E-state index contributed by atoms with van der Waals surface area (Å²) in [6.07, 6.45) is 1.54. The number of nitrogens with two attached hydrogens (primary N) is 1. The van der Waals surface area contributed by atoms with Crippen molar-refractivity contribution in [2.75, 3.05) is 18.0 Å². The van der Waals surface area contributed by atoms with E-state index in [1.165, 1.54) is 4.90 Å². The minimum absolute atomic E-state index is 0.154. The molecule has 1 aromatic heterocycles. The number of rotatable bonds is 2. The van der Waals surface area contributed by atoms with Gasteiger partial charge in [-0.1, -0.05) is 0 Å². The molecule has 2 atom stereocenters. The maximum absolute atomic E-state index is 12.6. The molecule has 3 aliphatic heterocycles. The highest BCUT2D eigenvalue weighted by Crippen LogP contribution is 2.28. The lowest BCUT2D eigenvalue weighted by Crippen LogP contribution is -2.52. The standard InChI is InChI=1S/C16H19N5O3/c17-9-5-6-20(7-9)13-3-1-10-11(18-13)8-21(16(10)24)12-2-4-14(22)19-15(12)23/h1,3,9,12H,2,4-8,17H2,(H,19,22,23). The van der Waals surface area contributed by atoms with Crippen LogP contribution in [0.1, 0.15) is 35.3 Å². The quantitative estimate of drug-likeness (QED) is 0.700. The smallest absolute Gasteiger partial charge is 0.256 e. The van der Waals surface area contributed by atoms with Gasteiger partial charge in [0.15, 0.2) is 0 Å². The van der Waals surface area contributed by atoms with Gasteiger partial charge in [-0.05, 0) is 25.0 Å². The van der Waals surface area contributed by atoms with Gasteiger partial charge in [0, 0.05) is 25.6 Å². The third-order valence-electron chi connectivity index (χ3n) is 4.91. The molecule has 2 unspecified atom stereocenters. The molecule has 3 aliphatic rings. The minimum Gasteiger partial charge on any atom is -0.355 e. The second kappa shape index (κ2) is 5.55. The average Bonchev–Trinajstić information content (AvgIpc) is 3.11. The lowest BCUT2D eigenvalue weighted by atomic mass is 10.0. The Bertz CT molecular complexity index is 734. The van der Waals surface area contributed by atoms with Crippen LogP contribution in [0.25, 0.3) is 0 Å². The lowest BCUT2D eigenvalue weighted by molar-refractivity contribution is -0.136. The molecular formula is C16H19N5O3. The summed E-state index contributed by atoms with van der Waals surface area (Å²) in [6, 6.07) is 3.16. The van der Waals surface area contributed by atoms with E-state index in [1.54, 1.807) is 6.07 Å². The average molecular weight is 329 g/mol. The van der Waals surface area contributed by atoms with E-state index in [0.717, 1.165) is 25.3 Å². The van der Waals surface area contributed by atoms with Crippen LogP contribution in [0.15, 0.2) is 12.1 Å². The Hall–Kier alpha value is -2.48. The van der Waals surface area contributed by atoms with E-state index in [4.69, 9.17) is 5.73 Å². The summed E-state index contributed by atoms with van der Waals surface area (Å²) in [5.74, 6) is -0.0689. The zero-order valence-corrected chi connectivity index (χ0v) is 13.2. The molecule has 4 heterocycles. The first-order valence-electron chi connectivity index (χ1n) is 8.18. The van der Waals surface area contributed by atoms with Gasteiger partial charge >= 0.3 is 0 Å². The molecule has 0 saturated carbocycles. The Morgan fingerprint density at radius 1 is 1.21 bits per heavy atom. The molecule has 126 valence electrons. The van der Waals surface area contributed by atoms with Gasteiger partial charge in [-0.25, -0.2) is 4.98 Å². The number of piperidine rings is 1. The molecule has 0 radical (unpaired) electrons. The third-order valence-corrected chi connectivity index (χ3v) is 4.91. The molecule has 2 fully saturated rings. The van der Waals surface area contributed by atoms with Gasteiger partial charge in [-0.2, -0.15) is 0 Å².